The van der Waals surface area contributed by atoms with Crippen molar-refractivity contribution in [2.45, 2.75) is 0 Å². The zero-order chi connectivity index (χ0) is 36.7. The molecule has 0 saturated carbocycles. The van der Waals surface area contributed by atoms with Crippen LogP contribution in [0.3, 0.4) is 0 Å². The van der Waals surface area contributed by atoms with E-state index < -0.39 is 0 Å². The number of hydrogen-bond donors (Lipinski definition) is 0. The Hall–Kier alpha value is -7.14. The summed E-state index contributed by atoms with van der Waals surface area (Å²) in [4.78, 5) is 9.56. The van der Waals surface area contributed by atoms with E-state index in [1.807, 2.05) is 11.3 Å². The second kappa shape index (κ2) is 12.2. The predicted molar refractivity (Wildman–Crippen MR) is 236 cm³/mol. The Kier molecular flexibility index (Phi) is 6.80. The predicted octanol–water partition coefficient (Wildman–Crippen LogP) is 14.9. The SMILES string of the molecule is c1cc(-c2ccc3c4ccccc4c4ccccc4c3c2)cc(-c2ccc3oc4c(-c5cccc(-c6cccc7c6sc6ccccc67)c5)ncnc4c3c2)c1. The van der Waals surface area contributed by atoms with Gasteiger partial charge in [0.25, 0.3) is 0 Å². The van der Waals surface area contributed by atoms with E-state index in [-0.39, 0.29) is 0 Å². The van der Waals surface area contributed by atoms with Crippen molar-refractivity contribution in [1.29, 1.82) is 0 Å². The third kappa shape index (κ3) is 4.76. The first-order valence-electron chi connectivity index (χ1n) is 18.9. The lowest BCUT2D eigenvalue weighted by Crippen LogP contribution is -1.88. The number of furan rings is 1. The van der Waals surface area contributed by atoms with Gasteiger partial charge in [0, 0.05) is 31.1 Å². The molecule has 0 aliphatic carbocycles. The summed E-state index contributed by atoms with van der Waals surface area (Å²) in [5.41, 5.74) is 11.1. The summed E-state index contributed by atoms with van der Waals surface area (Å²) in [6, 6.07) is 63.5. The Balaban J connectivity index is 0.940. The van der Waals surface area contributed by atoms with Gasteiger partial charge >= 0.3 is 0 Å². The summed E-state index contributed by atoms with van der Waals surface area (Å²) in [5.74, 6) is 0. The summed E-state index contributed by atoms with van der Waals surface area (Å²) in [6.45, 7) is 0. The van der Waals surface area contributed by atoms with Crippen LogP contribution in [-0.2, 0) is 0 Å². The fourth-order valence-electron chi connectivity index (χ4n) is 8.74. The van der Waals surface area contributed by atoms with Gasteiger partial charge in [0.15, 0.2) is 5.58 Å². The molecule has 0 unspecified atom stereocenters. The molecule has 3 aromatic heterocycles. The number of benzene rings is 9. The monoisotopic (exact) mass is 730 g/mol. The van der Waals surface area contributed by atoms with Crippen molar-refractivity contribution in [3.05, 3.63) is 182 Å². The summed E-state index contributed by atoms with van der Waals surface area (Å²) in [6.07, 6.45) is 1.66. The summed E-state index contributed by atoms with van der Waals surface area (Å²) in [7, 11) is 0. The van der Waals surface area contributed by atoms with Crippen LogP contribution >= 0.6 is 11.3 Å². The molecule has 0 N–H and O–H groups in total. The molecule has 0 radical (unpaired) electrons. The highest BCUT2D eigenvalue weighted by molar-refractivity contribution is 7.26. The molecule has 0 spiro atoms. The number of thiophene rings is 1. The third-order valence-corrected chi connectivity index (χ3v) is 12.6. The summed E-state index contributed by atoms with van der Waals surface area (Å²) < 4.78 is 9.15. The fourth-order valence-corrected chi connectivity index (χ4v) is 9.97. The van der Waals surface area contributed by atoms with Gasteiger partial charge in [0.05, 0.1) is 0 Å². The van der Waals surface area contributed by atoms with Crippen molar-refractivity contribution in [2.75, 3.05) is 0 Å². The highest BCUT2D eigenvalue weighted by Crippen LogP contribution is 2.42. The van der Waals surface area contributed by atoms with E-state index in [1.54, 1.807) is 6.33 Å². The topological polar surface area (TPSA) is 38.9 Å². The molecule has 0 aliphatic rings. The van der Waals surface area contributed by atoms with Crippen LogP contribution < -0.4 is 0 Å². The van der Waals surface area contributed by atoms with Crippen LogP contribution in [0.1, 0.15) is 0 Å². The van der Waals surface area contributed by atoms with Gasteiger partial charge in [0.2, 0.25) is 0 Å². The number of fused-ring (bicyclic) bond motifs is 12. The summed E-state index contributed by atoms with van der Waals surface area (Å²) >= 11 is 1.85. The number of hydrogen-bond acceptors (Lipinski definition) is 4. The van der Waals surface area contributed by atoms with Gasteiger partial charge in [-0.2, -0.15) is 0 Å². The maximum Gasteiger partial charge on any atom is 0.180 e. The molecular formula is C52H30N2OS. The van der Waals surface area contributed by atoms with E-state index in [0.29, 0.717) is 5.58 Å². The van der Waals surface area contributed by atoms with Crippen molar-refractivity contribution >= 4 is 85.9 Å². The first-order valence-corrected chi connectivity index (χ1v) is 19.7. The molecule has 0 amide bonds. The molecule has 3 heterocycles. The van der Waals surface area contributed by atoms with Gasteiger partial charge in [0.1, 0.15) is 23.1 Å². The van der Waals surface area contributed by atoms with Crippen LogP contribution in [0.25, 0.3) is 119 Å². The zero-order valence-corrected chi connectivity index (χ0v) is 30.8. The van der Waals surface area contributed by atoms with Gasteiger partial charge in [-0.15, -0.1) is 11.3 Å². The van der Waals surface area contributed by atoms with Crippen molar-refractivity contribution in [3.63, 3.8) is 0 Å². The molecule has 0 atom stereocenters. The second-order valence-electron chi connectivity index (χ2n) is 14.5. The molecule has 9 aromatic carbocycles. The van der Waals surface area contributed by atoms with Gasteiger partial charge < -0.3 is 4.42 Å². The summed E-state index contributed by atoms with van der Waals surface area (Å²) in [5, 5.41) is 11.2. The molecule has 0 aliphatic heterocycles. The number of nitrogens with zero attached hydrogens (tertiary/aromatic N) is 2. The molecule has 12 rings (SSSR count). The Morgan fingerprint density at radius 2 is 0.929 bits per heavy atom. The van der Waals surface area contributed by atoms with Gasteiger partial charge in [-0.25, -0.2) is 9.97 Å². The van der Waals surface area contributed by atoms with E-state index in [0.717, 1.165) is 44.4 Å². The van der Waals surface area contributed by atoms with Crippen LogP contribution in [0.4, 0.5) is 0 Å². The van der Waals surface area contributed by atoms with Crippen molar-refractivity contribution in [2.24, 2.45) is 0 Å². The lowest BCUT2D eigenvalue weighted by atomic mass is 9.91. The lowest BCUT2D eigenvalue weighted by Gasteiger charge is -2.12. The minimum absolute atomic E-state index is 0.696. The molecule has 0 saturated heterocycles. The lowest BCUT2D eigenvalue weighted by molar-refractivity contribution is 0.667. The van der Waals surface area contributed by atoms with Gasteiger partial charge in [-0.05, 0) is 102 Å². The second-order valence-corrected chi connectivity index (χ2v) is 15.6. The number of rotatable bonds is 4. The Bertz CT molecular complexity index is 3520. The van der Waals surface area contributed by atoms with Crippen LogP contribution in [0.15, 0.2) is 187 Å². The normalized spacial score (nSPS) is 11.9. The van der Waals surface area contributed by atoms with Crippen molar-refractivity contribution in [1.82, 2.24) is 9.97 Å². The first-order chi connectivity index (χ1) is 27.7. The highest BCUT2D eigenvalue weighted by atomic mass is 32.1. The maximum absolute atomic E-state index is 6.56. The average molecular weight is 731 g/mol. The zero-order valence-electron chi connectivity index (χ0n) is 30.0. The molecule has 56 heavy (non-hydrogen) atoms. The molecule has 4 heteroatoms. The quantitative estimate of drug-likeness (QED) is 0.169. The third-order valence-electron chi connectivity index (χ3n) is 11.4. The molecular weight excluding hydrogens is 701 g/mol. The maximum atomic E-state index is 6.56. The van der Waals surface area contributed by atoms with Crippen molar-refractivity contribution < 1.29 is 4.42 Å². The van der Waals surface area contributed by atoms with E-state index >= 15 is 0 Å². The van der Waals surface area contributed by atoms with Crippen LogP contribution in [0, 0.1) is 0 Å². The van der Waals surface area contributed by atoms with Gasteiger partial charge in [-0.1, -0.05) is 140 Å². The molecule has 0 bridgehead atoms. The highest BCUT2D eigenvalue weighted by Gasteiger charge is 2.18. The van der Waals surface area contributed by atoms with Crippen LogP contribution in [0.2, 0.25) is 0 Å². The Morgan fingerprint density at radius 3 is 1.70 bits per heavy atom. The van der Waals surface area contributed by atoms with Crippen molar-refractivity contribution in [3.8, 4) is 44.6 Å². The minimum atomic E-state index is 0.696. The molecule has 0 fully saturated rings. The van der Waals surface area contributed by atoms with E-state index in [1.165, 1.54) is 69.2 Å². The van der Waals surface area contributed by atoms with E-state index in [4.69, 9.17) is 14.4 Å². The largest absolute Gasteiger partial charge is 0.452 e. The molecule has 260 valence electrons. The molecule has 3 nitrogen and oxygen atoms in total. The smallest absolute Gasteiger partial charge is 0.180 e. The first kappa shape index (κ1) is 31.2. The average Bonchev–Trinajstić information content (AvgIpc) is 3.85. The fraction of sp³-hybridized carbons (Fsp3) is 0. The van der Waals surface area contributed by atoms with Crippen LogP contribution in [0.5, 0.6) is 0 Å². The van der Waals surface area contributed by atoms with E-state index in [2.05, 4.69) is 176 Å². The Morgan fingerprint density at radius 1 is 0.375 bits per heavy atom. The Labute approximate surface area is 325 Å². The van der Waals surface area contributed by atoms with E-state index in [9.17, 15) is 0 Å². The standard InChI is InChI=1S/C52H30N2OS/c1-2-16-40-38(14-1)39-15-3-4-17-41(39)45-28-33(22-24-42(40)45)31-10-7-11-32(26-31)34-23-25-47-46(29-34)50-51(55-47)49(53-30-54-50)36-13-8-12-35(27-36)37-19-9-20-44-43-18-5-6-21-48(43)56-52(37)44/h1-30H. The van der Waals surface area contributed by atoms with Crippen LogP contribution in [-0.4, -0.2) is 9.97 Å². The molecule has 12 aromatic rings. The minimum Gasteiger partial charge on any atom is -0.452 e. The number of aromatic nitrogens is 2. The van der Waals surface area contributed by atoms with Gasteiger partial charge in [-0.3, -0.25) is 0 Å².